The van der Waals surface area contributed by atoms with Crippen molar-refractivity contribution in [1.29, 1.82) is 0 Å². The highest BCUT2D eigenvalue weighted by Crippen LogP contribution is 2.17. The molecule has 0 atom stereocenters. The minimum absolute atomic E-state index is 0.0584. The zero-order valence-corrected chi connectivity index (χ0v) is 12.3. The number of hydrogen-bond acceptors (Lipinski definition) is 3. The van der Waals surface area contributed by atoms with Gasteiger partial charge in [-0.3, -0.25) is 0 Å². The Kier molecular flexibility index (Phi) is 5.72. The zero-order chi connectivity index (χ0) is 14.5. The lowest BCUT2D eigenvalue weighted by atomic mass is 10.2. The number of sulfonamides is 1. The van der Waals surface area contributed by atoms with Crippen LogP contribution in [0, 0.1) is 0 Å². The topological polar surface area (TPSA) is 57.6 Å². The number of nitrogens with zero attached hydrogens (tertiary/aromatic N) is 1. The third-order valence-electron chi connectivity index (χ3n) is 2.76. The van der Waals surface area contributed by atoms with Gasteiger partial charge in [0.05, 0.1) is 4.90 Å². The molecule has 0 fully saturated rings. The summed E-state index contributed by atoms with van der Waals surface area (Å²) in [7, 11) is -3.47. The Morgan fingerprint density at radius 1 is 1.32 bits per heavy atom. The van der Waals surface area contributed by atoms with Gasteiger partial charge in [0.25, 0.3) is 0 Å². The van der Waals surface area contributed by atoms with Crippen molar-refractivity contribution in [1.82, 2.24) is 4.31 Å². The van der Waals surface area contributed by atoms with Crippen molar-refractivity contribution < 1.29 is 13.5 Å². The molecule has 106 valence electrons. The van der Waals surface area contributed by atoms with Crippen LogP contribution < -0.4 is 0 Å². The molecule has 1 aromatic carbocycles. The predicted molar refractivity (Wildman–Crippen MR) is 76.5 cm³/mol. The maximum atomic E-state index is 12.4. The Labute approximate surface area is 115 Å². The third-order valence-corrected chi connectivity index (χ3v) is 4.70. The van der Waals surface area contributed by atoms with E-state index in [0.29, 0.717) is 19.5 Å². The van der Waals surface area contributed by atoms with Crippen LogP contribution in [0.25, 0.3) is 0 Å². The molecule has 0 unspecified atom stereocenters. The molecule has 0 aliphatic heterocycles. The number of rotatable bonds is 7. The van der Waals surface area contributed by atoms with E-state index in [-0.39, 0.29) is 11.5 Å². The first kappa shape index (κ1) is 15.9. The van der Waals surface area contributed by atoms with E-state index in [1.54, 1.807) is 31.2 Å². The zero-order valence-electron chi connectivity index (χ0n) is 11.5. The van der Waals surface area contributed by atoms with Crippen LogP contribution in [0.3, 0.4) is 0 Å². The molecule has 0 aliphatic carbocycles. The number of benzene rings is 1. The molecule has 1 rings (SSSR count). The summed E-state index contributed by atoms with van der Waals surface area (Å²) in [5.74, 6) is 0. The van der Waals surface area contributed by atoms with Gasteiger partial charge < -0.3 is 5.11 Å². The fourth-order valence-electron chi connectivity index (χ4n) is 1.77. The standard InChI is InChI=1S/C14H21NO3S/c1-4-15(11-12(2)3)19(17,18)14-7-5-13(6-8-14)9-10-16/h5-8,16H,2,4,9-11H2,1,3H3. The van der Waals surface area contributed by atoms with Gasteiger partial charge in [0, 0.05) is 19.7 Å². The second-order valence-electron chi connectivity index (χ2n) is 4.51. The molecule has 0 aromatic heterocycles. The Hall–Kier alpha value is -1.17. The molecule has 0 aliphatic rings. The lowest BCUT2D eigenvalue weighted by Gasteiger charge is -2.20. The summed E-state index contributed by atoms with van der Waals surface area (Å²) in [6.07, 6.45) is 0.531. The van der Waals surface area contributed by atoms with Gasteiger partial charge in [-0.15, -0.1) is 0 Å². The highest BCUT2D eigenvalue weighted by Gasteiger charge is 2.22. The fourth-order valence-corrected chi connectivity index (χ4v) is 3.28. The second kappa shape index (κ2) is 6.84. The van der Waals surface area contributed by atoms with Crippen molar-refractivity contribution >= 4 is 10.0 Å². The lowest BCUT2D eigenvalue weighted by Crippen LogP contribution is -2.32. The molecule has 5 heteroatoms. The first-order chi connectivity index (χ1) is 8.91. The van der Waals surface area contributed by atoms with Crippen molar-refractivity contribution in [3.63, 3.8) is 0 Å². The first-order valence-corrected chi connectivity index (χ1v) is 7.70. The van der Waals surface area contributed by atoms with Crippen LogP contribution in [-0.4, -0.2) is 37.5 Å². The van der Waals surface area contributed by atoms with Gasteiger partial charge in [-0.25, -0.2) is 8.42 Å². The monoisotopic (exact) mass is 283 g/mol. The van der Waals surface area contributed by atoms with Crippen LogP contribution >= 0.6 is 0 Å². The smallest absolute Gasteiger partial charge is 0.243 e. The molecule has 0 saturated carbocycles. The summed E-state index contributed by atoms with van der Waals surface area (Å²) >= 11 is 0. The molecule has 1 aromatic rings. The van der Waals surface area contributed by atoms with Gasteiger partial charge in [-0.2, -0.15) is 4.31 Å². The average molecular weight is 283 g/mol. The molecular formula is C14H21NO3S. The molecule has 0 saturated heterocycles. The summed E-state index contributed by atoms with van der Waals surface area (Å²) in [5, 5.41) is 8.84. The molecule has 0 heterocycles. The third kappa shape index (κ3) is 4.16. The summed E-state index contributed by atoms with van der Waals surface area (Å²) in [6.45, 7) is 8.17. The predicted octanol–water partition coefficient (Wildman–Crippen LogP) is 1.81. The number of likely N-dealkylation sites (N-methyl/N-ethyl adjacent to an activating group) is 1. The van der Waals surface area contributed by atoms with E-state index in [9.17, 15) is 8.42 Å². The quantitative estimate of drug-likeness (QED) is 0.776. The van der Waals surface area contributed by atoms with Crippen LogP contribution in [-0.2, 0) is 16.4 Å². The minimum Gasteiger partial charge on any atom is -0.396 e. The van der Waals surface area contributed by atoms with Gasteiger partial charge in [0.15, 0.2) is 0 Å². The van der Waals surface area contributed by atoms with E-state index in [1.807, 2.05) is 6.92 Å². The molecular weight excluding hydrogens is 262 g/mol. The van der Waals surface area contributed by atoms with Gasteiger partial charge in [0.2, 0.25) is 10.0 Å². The van der Waals surface area contributed by atoms with Crippen molar-refractivity contribution in [2.24, 2.45) is 0 Å². The summed E-state index contributed by atoms with van der Waals surface area (Å²) < 4.78 is 26.2. The maximum absolute atomic E-state index is 12.4. The van der Waals surface area contributed by atoms with E-state index in [1.165, 1.54) is 4.31 Å². The molecule has 0 amide bonds. The normalized spacial score (nSPS) is 11.8. The largest absolute Gasteiger partial charge is 0.396 e. The van der Waals surface area contributed by atoms with E-state index < -0.39 is 10.0 Å². The maximum Gasteiger partial charge on any atom is 0.243 e. The first-order valence-electron chi connectivity index (χ1n) is 6.26. The van der Waals surface area contributed by atoms with Crippen molar-refractivity contribution in [3.05, 3.63) is 42.0 Å². The van der Waals surface area contributed by atoms with Crippen LogP contribution in [0.5, 0.6) is 0 Å². The SMILES string of the molecule is C=C(C)CN(CC)S(=O)(=O)c1ccc(CCO)cc1. The van der Waals surface area contributed by atoms with Crippen LogP contribution in [0.15, 0.2) is 41.3 Å². The van der Waals surface area contributed by atoms with Crippen molar-refractivity contribution in [3.8, 4) is 0 Å². The Bertz CT molecular complexity index is 520. The molecule has 0 bridgehead atoms. The van der Waals surface area contributed by atoms with E-state index >= 15 is 0 Å². The highest BCUT2D eigenvalue weighted by molar-refractivity contribution is 7.89. The van der Waals surface area contributed by atoms with Crippen molar-refractivity contribution in [2.45, 2.75) is 25.2 Å². The fraction of sp³-hybridized carbons (Fsp3) is 0.429. The molecule has 19 heavy (non-hydrogen) atoms. The average Bonchev–Trinajstić information content (AvgIpc) is 2.36. The van der Waals surface area contributed by atoms with Crippen molar-refractivity contribution in [2.75, 3.05) is 19.7 Å². The highest BCUT2D eigenvalue weighted by atomic mass is 32.2. The van der Waals surface area contributed by atoms with Gasteiger partial charge >= 0.3 is 0 Å². The Morgan fingerprint density at radius 3 is 2.32 bits per heavy atom. The van der Waals surface area contributed by atoms with Gasteiger partial charge in [0.1, 0.15) is 0 Å². The van der Waals surface area contributed by atoms with E-state index in [4.69, 9.17) is 5.11 Å². The molecule has 0 spiro atoms. The summed E-state index contributed by atoms with van der Waals surface area (Å²) in [4.78, 5) is 0.275. The van der Waals surface area contributed by atoms with Crippen LogP contribution in [0.4, 0.5) is 0 Å². The molecule has 4 nitrogen and oxygen atoms in total. The summed E-state index contributed by atoms with van der Waals surface area (Å²) in [6, 6.07) is 6.64. The molecule has 0 radical (unpaired) electrons. The number of aliphatic hydroxyl groups excluding tert-OH is 1. The minimum atomic E-state index is -3.47. The summed E-state index contributed by atoms with van der Waals surface area (Å²) in [5.41, 5.74) is 1.73. The van der Waals surface area contributed by atoms with Gasteiger partial charge in [-0.05, 0) is 31.0 Å². The lowest BCUT2D eigenvalue weighted by molar-refractivity contribution is 0.299. The number of aliphatic hydroxyl groups is 1. The van der Waals surface area contributed by atoms with E-state index in [0.717, 1.165) is 11.1 Å². The van der Waals surface area contributed by atoms with Crippen LogP contribution in [0.1, 0.15) is 19.4 Å². The Morgan fingerprint density at radius 2 is 1.89 bits per heavy atom. The number of hydrogen-bond donors (Lipinski definition) is 1. The van der Waals surface area contributed by atoms with Crippen LogP contribution in [0.2, 0.25) is 0 Å². The van der Waals surface area contributed by atoms with E-state index in [2.05, 4.69) is 6.58 Å². The Balaban J connectivity index is 3.01. The van der Waals surface area contributed by atoms with Gasteiger partial charge in [-0.1, -0.05) is 31.2 Å². The second-order valence-corrected chi connectivity index (χ2v) is 6.44. The molecule has 1 N–H and O–H groups in total.